The zero-order valence-electron chi connectivity index (χ0n) is 14.4. The first kappa shape index (κ1) is 18.9. The zero-order chi connectivity index (χ0) is 19.6. The van der Waals surface area contributed by atoms with E-state index in [1.807, 2.05) is 0 Å². The van der Waals surface area contributed by atoms with Gasteiger partial charge in [0.25, 0.3) is 0 Å². The van der Waals surface area contributed by atoms with E-state index in [1.165, 1.54) is 54.4 Å². The summed E-state index contributed by atoms with van der Waals surface area (Å²) in [6.07, 6.45) is 2.93. The molecule has 0 unspecified atom stereocenters. The SMILES string of the molecule is COC(=O)C1=C(C(=O)OC)N(c2cc(F)ccc2-n2cc(Cl)cn2)COC1. The van der Waals surface area contributed by atoms with E-state index in [1.54, 1.807) is 0 Å². The van der Waals surface area contributed by atoms with Crippen molar-refractivity contribution in [3.05, 3.63) is 52.7 Å². The van der Waals surface area contributed by atoms with Crippen molar-refractivity contribution in [1.82, 2.24) is 9.78 Å². The number of aromatic nitrogens is 2. The molecule has 27 heavy (non-hydrogen) atoms. The molecule has 8 nitrogen and oxygen atoms in total. The van der Waals surface area contributed by atoms with E-state index in [0.717, 1.165) is 0 Å². The minimum Gasteiger partial charge on any atom is -0.466 e. The van der Waals surface area contributed by atoms with Gasteiger partial charge in [-0.05, 0) is 18.2 Å². The molecule has 0 fully saturated rings. The maximum Gasteiger partial charge on any atom is 0.355 e. The number of carbonyl (C=O) groups is 2. The van der Waals surface area contributed by atoms with E-state index in [4.69, 9.17) is 25.8 Å². The molecule has 1 aliphatic rings. The first-order chi connectivity index (χ1) is 13.0. The fourth-order valence-corrected chi connectivity index (χ4v) is 2.81. The topological polar surface area (TPSA) is 82.9 Å². The molecule has 142 valence electrons. The van der Waals surface area contributed by atoms with Crippen molar-refractivity contribution in [2.75, 3.05) is 32.5 Å². The molecule has 0 saturated carbocycles. The summed E-state index contributed by atoms with van der Waals surface area (Å²) in [7, 11) is 2.36. The first-order valence-electron chi connectivity index (χ1n) is 7.71. The highest BCUT2D eigenvalue weighted by Crippen LogP contribution is 2.32. The Balaban J connectivity index is 2.20. The Bertz CT molecular complexity index is 927. The molecule has 2 aromatic rings. The van der Waals surface area contributed by atoms with E-state index in [0.29, 0.717) is 10.7 Å². The second kappa shape index (κ2) is 7.77. The molecule has 0 N–H and O–H groups in total. The van der Waals surface area contributed by atoms with Crippen LogP contribution in [-0.2, 0) is 23.8 Å². The summed E-state index contributed by atoms with van der Waals surface area (Å²) in [5.41, 5.74) is 0.515. The maximum absolute atomic E-state index is 14.0. The first-order valence-corrected chi connectivity index (χ1v) is 8.09. The molecular weight excluding hydrogens is 381 g/mol. The molecule has 10 heteroatoms. The number of anilines is 1. The van der Waals surface area contributed by atoms with Gasteiger partial charge < -0.3 is 19.1 Å². The van der Waals surface area contributed by atoms with E-state index in [9.17, 15) is 14.0 Å². The van der Waals surface area contributed by atoms with Crippen LogP contribution in [-0.4, -0.2) is 49.3 Å². The third-order valence-electron chi connectivity index (χ3n) is 3.86. The molecule has 0 aliphatic carbocycles. The molecule has 1 aromatic heterocycles. The Kier molecular flexibility index (Phi) is 5.43. The van der Waals surface area contributed by atoms with Crippen molar-refractivity contribution in [1.29, 1.82) is 0 Å². The lowest BCUT2D eigenvalue weighted by molar-refractivity contribution is -0.140. The highest BCUT2D eigenvalue weighted by Gasteiger charge is 2.33. The predicted molar refractivity (Wildman–Crippen MR) is 92.9 cm³/mol. The molecule has 2 heterocycles. The number of esters is 2. The molecule has 0 radical (unpaired) electrons. The van der Waals surface area contributed by atoms with Crippen LogP contribution in [0, 0.1) is 5.82 Å². The zero-order valence-corrected chi connectivity index (χ0v) is 15.2. The van der Waals surface area contributed by atoms with Gasteiger partial charge in [0, 0.05) is 6.20 Å². The lowest BCUT2D eigenvalue weighted by atomic mass is 10.1. The van der Waals surface area contributed by atoms with E-state index in [2.05, 4.69) is 5.10 Å². The molecule has 1 aliphatic heterocycles. The van der Waals surface area contributed by atoms with Gasteiger partial charge in [-0.3, -0.25) is 0 Å². The van der Waals surface area contributed by atoms with Crippen LogP contribution in [0.15, 0.2) is 41.9 Å². The van der Waals surface area contributed by atoms with Crippen LogP contribution in [0.3, 0.4) is 0 Å². The Hall–Kier alpha value is -2.91. The summed E-state index contributed by atoms with van der Waals surface area (Å²) < 4.78 is 30.4. The number of hydrogen-bond donors (Lipinski definition) is 0. The van der Waals surface area contributed by atoms with Crippen molar-refractivity contribution in [3.63, 3.8) is 0 Å². The molecule has 0 saturated heterocycles. The van der Waals surface area contributed by atoms with Crippen LogP contribution in [0.1, 0.15) is 0 Å². The number of methoxy groups -OCH3 is 2. The smallest absolute Gasteiger partial charge is 0.355 e. The Morgan fingerprint density at radius 3 is 2.59 bits per heavy atom. The number of rotatable bonds is 4. The lowest BCUT2D eigenvalue weighted by Crippen LogP contribution is -2.39. The second-order valence-electron chi connectivity index (χ2n) is 5.45. The van der Waals surface area contributed by atoms with Crippen molar-refractivity contribution in [3.8, 4) is 5.69 Å². The summed E-state index contributed by atoms with van der Waals surface area (Å²) in [5, 5.41) is 4.48. The number of benzene rings is 1. The van der Waals surface area contributed by atoms with Gasteiger partial charge in [-0.2, -0.15) is 5.10 Å². The van der Waals surface area contributed by atoms with Crippen molar-refractivity contribution < 1.29 is 28.2 Å². The number of ether oxygens (including phenoxy) is 3. The number of hydrogen-bond acceptors (Lipinski definition) is 7. The fraction of sp³-hybridized carbons (Fsp3) is 0.235. The molecular formula is C17H15ClFN3O5. The summed E-state index contributed by atoms with van der Waals surface area (Å²) in [6.45, 7) is -0.262. The van der Waals surface area contributed by atoms with E-state index in [-0.39, 0.29) is 30.3 Å². The van der Waals surface area contributed by atoms with Crippen LogP contribution in [0.4, 0.5) is 10.1 Å². The minimum absolute atomic E-state index is 0.0377. The monoisotopic (exact) mass is 395 g/mol. The Morgan fingerprint density at radius 1 is 1.22 bits per heavy atom. The van der Waals surface area contributed by atoms with Crippen LogP contribution < -0.4 is 4.90 Å². The molecule has 3 rings (SSSR count). The normalized spacial score (nSPS) is 14.3. The Morgan fingerprint density at radius 2 is 1.96 bits per heavy atom. The van der Waals surface area contributed by atoms with Crippen LogP contribution in [0.5, 0.6) is 0 Å². The quantitative estimate of drug-likeness (QED) is 0.733. The van der Waals surface area contributed by atoms with Crippen molar-refractivity contribution >= 4 is 29.2 Å². The van der Waals surface area contributed by atoms with Crippen molar-refractivity contribution in [2.45, 2.75) is 0 Å². The maximum atomic E-state index is 14.0. The van der Waals surface area contributed by atoms with Gasteiger partial charge in [-0.25, -0.2) is 18.7 Å². The van der Waals surface area contributed by atoms with Crippen LogP contribution >= 0.6 is 11.6 Å². The highest BCUT2D eigenvalue weighted by atomic mass is 35.5. The molecule has 1 aromatic carbocycles. The average molecular weight is 396 g/mol. The largest absolute Gasteiger partial charge is 0.466 e. The standard InChI is InChI=1S/C17H15ClFN3O5/c1-25-16(23)12-8-27-9-21(15(12)17(24)26-2)14-5-11(19)3-4-13(14)22-7-10(18)6-20-22/h3-7H,8-9H2,1-2H3. The predicted octanol–water partition coefficient (Wildman–Crippen LogP) is 2.06. The Labute approximate surface area is 158 Å². The molecule has 0 spiro atoms. The van der Waals surface area contributed by atoms with Gasteiger partial charge in [0.15, 0.2) is 0 Å². The number of carbonyl (C=O) groups excluding carboxylic acids is 2. The number of nitrogens with zero attached hydrogens (tertiary/aromatic N) is 3. The van der Waals surface area contributed by atoms with E-state index >= 15 is 0 Å². The summed E-state index contributed by atoms with van der Waals surface area (Å²) >= 11 is 5.92. The minimum atomic E-state index is -0.785. The molecule has 0 bridgehead atoms. The summed E-state index contributed by atoms with van der Waals surface area (Å²) in [4.78, 5) is 25.8. The van der Waals surface area contributed by atoms with Gasteiger partial charge in [0.1, 0.15) is 18.2 Å². The van der Waals surface area contributed by atoms with Gasteiger partial charge in [0.05, 0.1) is 49.0 Å². The van der Waals surface area contributed by atoms with Gasteiger partial charge in [0.2, 0.25) is 0 Å². The highest BCUT2D eigenvalue weighted by molar-refractivity contribution is 6.30. The van der Waals surface area contributed by atoms with Gasteiger partial charge >= 0.3 is 11.9 Å². The fourth-order valence-electron chi connectivity index (χ4n) is 2.67. The molecule has 0 amide bonds. The number of halogens is 2. The second-order valence-corrected chi connectivity index (χ2v) is 5.89. The van der Waals surface area contributed by atoms with Crippen LogP contribution in [0.25, 0.3) is 5.69 Å². The average Bonchev–Trinajstić information content (AvgIpc) is 3.12. The van der Waals surface area contributed by atoms with Crippen molar-refractivity contribution in [2.24, 2.45) is 0 Å². The molecule has 0 atom stereocenters. The third kappa shape index (κ3) is 3.64. The third-order valence-corrected chi connectivity index (χ3v) is 4.05. The summed E-state index contributed by atoms with van der Waals surface area (Å²) in [5.74, 6) is -2.09. The van der Waals surface area contributed by atoms with Gasteiger partial charge in [-0.15, -0.1) is 0 Å². The van der Waals surface area contributed by atoms with Crippen LogP contribution in [0.2, 0.25) is 5.02 Å². The van der Waals surface area contributed by atoms with E-state index < -0.39 is 17.8 Å². The lowest BCUT2D eigenvalue weighted by Gasteiger charge is -2.32. The summed E-state index contributed by atoms with van der Waals surface area (Å²) in [6, 6.07) is 3.90. The van der Waals surface area contributed by atoms with Gasteiger partial charge in [-0.1, -0.05) is 11.6 Å².